The van der Waals surface area contributed by atoms with Crippen molar-refractivity contribution in [3.63, 3.8) is 0 Å². The lowest BCUT2D eigenvalue weighted by atomic mass is 9.80. The summed E-state index contributed by atoms with van der Waals surface area (Å²) in [5, 5.41) is 0. The first-order valence-corrected chi connectivity index (χ1v) is 6.69. The van der Waals surface area contributed by atoms with Crippen LogP contribution in [0.1, 0.15) is 64.5 Å². The summed E-state index contributed by atoms with van der Waals surface area (Å²) in [5.74, 6) is 1.65. The predicted molar refractivity (Wildman–Crippen MR) is 72.9 cm³/mol. The molecule has 1 fully saturated rings. The zero-order valence-electron chi connectivity index (χ0n) is 11.7. The summed E-state index contributed by atoms with van der Waals surface area (Å²) in [6.45, 7) is 11.3. The second kappa shape index (κ2) is 4.36. The fourth-order valence-corrected chi connectivity index (χ4v) is 2.30. The van der Waals surface area contributed by atoms with Gasteiger partial charge in [-0.1, -0.05) is 46.8 Å². The highest BCUT2D eigenvalue weighted by Gasteiger charge is 2.29. The summed E-state index contributed by atoms with van der Waals surface area (Å²) in [6.07, 6.45) is 2.91. The van der Waals surface area contributed by atoms with Gasteiger partial charge in [0.1, 0.15) is 5.75 Å². The predicted octanol–water partition coefficient (Wildman–Crippen LogP) is 4.65. The molecule has 1 aliphatic carbocycles. The third-order valence-electron chi connectivity index (χ3n) is 3.25. The molecule has 0 atom stereocenters. The lowest BCUT2D eigenvalue weighted by molar-refractivity contribution is 0.294. The highest BCUT2D eigenvalue weighted by atomic mass is 16.5. The summed E-state index contributed by atoms with van der Waals surface area (Å²) in [6, 6.07) is 6.50. The maximum Gasteiger partial charge on any atom is 0.123 e. The molecule has 1 aliphatic rings. The Morgan fingerprint density at radius 2 is 1.82 bits per heavy atom. The molecule has 0 heterocycles. The van der Waals surface area contributed by atoms with E-state index in [9.17, 15) is 0 Å². The Bertz CT molecular complexity index is 394. The Balaban J connectivity index is 2.45. The molecule has 1 aromatic rings. The first-order chi connectivity index (χ1) is 7.89. The van der Waals surface area contributed by atoms with Crippen LogP contribution < -0.4 is 4.74 Å². The number of hydrogen-bond donors (Lipinski definition) is 0. The first kappa shape index (κ1) is 12.5. The van der Waals surface area contributed by atoms with Crippen LogP contribution in [0.3, 0.4) is 0 Å². The standard InChI is InChI=1S/C16H24O/c1-11(2)13-7-6-8-14(17-12-9-10-12)15(13)16(3,4)5/h6-8,11-12H,9-10H2,1-5H3. The number of ether oxygens (including phenoxy) is 1. The number of hydrogen-bond acceptors (Lipinski definition) is 1. The van der Waals surface area contributed by atoms with E-state index in [1.165, 1.54) is 24.0 Å². The Kier molecular flexibility index (Phi) is 3.20. The Labute approximate surface area is 105 Å². The molecule has 0 radical (unpaired) electrons. The second-order valence-electron chi connectivity index (χ2n) is 6.44. The zero-order valence-corrected chi connectivity index (χ0v) is 11.7. The summed E-state index contributed by atoms with van der Waals surface area (Å²) in [5.41, 5.74) is 2.96. The molecule has 0 amide bonds. The smallest absolute Gasteiger partial charge is 0.123 e. The van der Waals surface area contributed by atoms with Crippen LogP contribution in [0.2, 0.25) is 0 Å². The van der Waals surface area contributed by atoms with Gasteiger partial charge in [0.25, 0.3) is 0 Å². The van der Waals surface area contributed by atoms with Crippen LogP contribution in [-0.2, 0) is 5.41 Å². The van der Waals surface area contributed by atoms with Crippen molar-refractivity contribution in [3.05, 3.63) is 29.3 Å². The van der Waals surface area contributed by atoms with E-state index in [1.54, 1.807) is 0 Å². The highest BCUT2D eigenvalue weighted by molar-refractivity contribution is 5.46. The molecule has 17 heavy (non-hydrogen) atoms. The third-order valence-corrected chi connectivity index (χ3v) is 3.25. The van der Waals surface area contributed by atoms with E-state index in [2.05, 4.69) is 52.8 Å². The van der Waals surface area contributed by atoms with E-state index in [0.717, 1.165) is 5.75 Å². The molecule has 1 aromatic carbocycles. The Hall–Kier alpha value is -0.980. The van der Waals surface area contributed by atoms with Crippen molar-refractivity contribution in [2.24, 2.45) is 0 Å². The van der Waals surface area contributed by atoms with Gasteiger partial charge >= 0.3 is 0 Å². The maximum atomic E-state index is 6.07. The van der Waals surface area contributed by atoms with Gasteiger partial charge in [0.05, 0.1) is 6.10 Å². The van der Waals surface area contributed by atoms with Gasteiger partial charge in [0, 0.05) is 5.56 Å². The van der Waals surface area contributed by atoms with Crippen LogP contribution in [0.25, 0.3) is 0 Å². The fourth-order valence-electron chi connectivity index (χ4n) is 2.30. The lowest BCUT2D eigenvalue weighted by Gasteiger charge is -2.27. The van der Waals surface area contributed by atoms with Gasteiger partial charge in [-0.15, -0.1) is 0 Å². The molecule has 0 saturated heterocycles. The third kappa shape index (κ3) is 2.83. The van der Waals surface area contributed by atoms with Crippen LogP contribution in [0.4, 0.5) is 0 Å². The molecule has 94 valence electrons. The van der Waals surface area contributed by atoms with Crippen molar-refractivity contribution in [3.8, 4) is 5.75 Å². The molecule has 1 saturated carbocycles. The van der Waals surface area contributed by atoms with E-state index in [4.69, 9.17) is 4.74 Å². The van der Waals surface area contributed by atoms with Crippen LogP contribution in [-0.4, -0.2) is 6.10 Å². The van der Waals surface area contributed by atoms with Gasteiger partial charge in [-0.05, 0) is 35.8 Å². The summed E-state index contributed by atoms with van der Waals surface area (Å²) in [7, 11) is 0. The average molecular weight is 232 g/mol. The molecule has 0 unspecified atom stereocenters. The highest BCUT2D eigenvalue weighted by Crippen LogP contribution is 2.39. The van der Waals surface area contributed by atoms with Gasteiger partial charge in [0.15, 0.2) is 0 Å². The fraction of sp³-hybridized carbons (Fsp3) is 0.625. The molecule has 1 heteroatoms. The summed E-state index contributed by atoms with van der Waals surface area (Å²) in [4.78, 5) is 0. The molecular formula is C16H24O. The largest absolute Gasteiger partial charge is 0.490 e. The van der Waals surface area contributed by atoms with E-state index >= 15 is 0 Å². The number of rotatable bonds is 3. The second-order valence-corrected chi connectivity index (χ2v) is 6.44. The molecule has 0 bridgehead atoms. The molecule has 0 aliphatic heterocycles. The van der Waals surface area contributed by atoms with E-state index in [0.29, 0.717) is 12.0 Å². The monoisotopic (exact) mass is 232 g/mol. The van der Waals surface area contributed by atoms with Gasteiger partial charge in [0.2, 0.25) is 0 Å². The minimum absolute atomic E-state index is 0.144. The Morgan fingerprint density at radius 3 is 2.29 bits per heavy atom. The average Bonchev–Trinajstić information content (AvgIpc) is 2.99. The van der Waals surface area contributed by atoms with Crippen molar-refractivity contribution in [2.75, 3.05) is 0 Å². The van der Waals surface area contributed by atoms with Crippen molar-refractivity contribution in [1.29, 1.82) is 0 Å². The van der Waals surface area contributed by atoms with Crippen LogP contribution in [0.15, 0.2) is 18.2 Å². The summed E-state index contributed by atoms with van der Waals surface area (Å²) < 4.78 is 6.07. The van der Waals surface area contributed by atoms with Gasteiger partial charge in [-0.2, -0.15) is 0 Å². The topological polar surface area (TPSA) is 9.23 Å². The Morgan fingerprint density at radius 1 is 1.18 bits per heavy atom. The normalized spacial score (nSPS) is 16.4. The number of benzene rings is 1. The molecule has 2 rings (SSSR count). The van der Waals surface area contributed by atoms with Crippen molar-refractivity contribution in [2.45, 2.75) is 64.9 Å². The van der Waals surface area contributed by atoms with Crippen molar-refractivity contribution >= 4 is 0 Å². The van der Waals surface area contributed by atoms with Crippen molar-refractivity contribution in [1.82, 2.24) is 0 Å². The van der Waals surface area contributed by atoms with E-state index in [1.807, 2.05) is 0 Å². The van der Waals surface area contributed by atoms with E-state index in [-0.39, 0.29) is 5.41 Å². The van der Waals surface area contributed by atoms with Crippen LogP contribution in [0, 0.1) is 0 Å². The minimum Gasteiger partial charge on any atom is -0.490 e. The quantitative estimate of drug-likeness (QED) is 0.737. The lowest BCUT2D eigenvalue weighted by Crippen LogP contribution is -2.17. The first-order valence-electron chi connectivity index (χ1n) is 6.69. The minimum atomic E-state index is 0.144. The SMILES string of the molecule is CC(C)c1cccc(OC2CC2)c1C(C)(C)C. The molecule has 1 nitrogen and oxygen atoms in total. The van der Waals surface area contributed by atoms with Crippen LogP contribution in [0.5, 0.6) is 5.75 Å². The molecular weight excluding hydrogens is 208 g/mol. The van der Waals surface area contributed by atoms with Gasteiger partial charge in [-0.3, -0.25) is 0 Å². The summed E-state index contributed by atoms with van der Waals surface area (Å²) >= 11 is 0. The molecule has 0 spiro atoms. The van der Waals surface area contributed by atoms with Crippen LogP contribution >= 0.6 is 0 Å². The zero-order chi connectivity index (χ0) is 12.6. The van der Waals surface area contributed by atoms with E-state index < -0.39 is 0 Å². The van der Waals surface area contributed by atoms with Crippen molar-refractivity contribution < 1.29 is 4.74 Å². The van der Waals surface area contributed by atoms with Gasteiger partial charge in [-0.25, -0.2) is 0 Å². The molecule has 0 aromatic heterocycles. The maximum absolute atomic E-state index is 6.07. The molecule has 0 N–H and O–H groups in total. The van der Waals surface area contributed by atoms with Gasteiger partial charge < -0.3 is 4.74 Å².